The Kier molecular flexibility index (Phi) is 8.88. The standard InChI is InChI=1S/C24H33N3O4/c1-7-31-20-12-11-19(13-21(20)30-6)15-27(5)18(4)24(29)25-14-22(28)26-23-16(2)9-8-10-17(23)3/h8-13,18H,7,14-15H2,1-6H3,(H,25,29)(H,26,28)/t18-/m0/s1. The average Bonchev–Trinajstić information content (AvgIpc) is 2.75. The van der Waals surface area contributed by atoms with Gasteiger partial charge in [-0.2, -0.15) is 0 Å². The fraction of sp³-hybridized carbons (Fsp3) is 0.417. The fourth-order valence-corrected chi connectivity index (χ4v) is 3.22. The number of hydrogen-bond acceptors (Lipinski definition) is 5. The van der Waals surface area contributed by atoms with Gasteiger partial charge in [-0.05, 0) is 63.6 Å². The number of anilines is 1. The van der Waals surface area contributed by atoms with Crippen LogP contribution in [0, 0.1) is 13.8 Å². The molecule has 2 aromatic carbocycles. The summed E-state index contributed by atoms with van der Waals surface area (Å²) in [6.07, 6.45) is 0. The first-order valence-electron chi connectivity index (χ1n) is 10.4. The lowest BCUT2D eigenvalue weighted by molar-refractivity contribution is -0.127. The minimum absolute atomic E-state index is 0.0817. The van der Waals surface area contributed by atoms with E-state index in [1.54, 1.807) is 7.11 Å². The first-order valence-corrected chi connectivity index (χ1v) is 10.4. The fourth-order valence-electron chi connectivity index (χ4n) is 3.22. The van der Waals surface area contributed by atoms with E-state index in [0.717, 1.165) is 22.4 Å². The van der Waals surface area contributed by atoms with Gasteiger partial charge in [-0.25, -0.2) is 0 Å². The summed E-state index contributed by atoms with van der Waals surface area (Å²) in [4.78, 5) is 26.8. The summed E-state index contributed by atoms with van der Waals surface area (Å²) >= 11 is 0. The number of amides is 2. The van der Waals surface area contributed by atoms with E-state index in [1.165, 1.54) is 0 Å². The average molecular weight is 428 g/mol. The number of carbonyl (C=O) groups is 2. The van der Waals surface area contributed by atoms with Gasteiger partial charge in [-0.15, -0.1) is 0 Å². The number of rotatable bonds is 10. The van der Waals surface area contributed by atoms with Gasteiger partial charge in [0.1, 0.15) is 0 Å². The molecular formula is C24H33N3O4. The molecule has 0 radical (unpaired) electrons. The van der Waals surface area contributed by atoms with Crippen molar-refractivity contribution in [3.63, 3.8) is 0 Å². The van der Waals surface area contributed by atoms with Crippen molar-refractivity contribution in [1.82, 2.24) is 10.2 Å². The third-order valence-electron chi connectivity index (χ3n) is 5.17. The van der Waals surface area contributed by atoms with Crippen molar-refractivity contribution in [2.45, 2.75) is 40.3 Å². The number of aryl methyl sites for hydroxylation is 2. The number of carbonyl (C=O) groups excluding carboxylic acids is 2. The Hall–Kier alpha value is -3.06. The van der Waals surface area contributed by atoms with Gasteiger partial charge in [0.15, 0.2) is 11.5 Å². The Morgan fingerprint density at radius 1 is 1.10 bits per heavy atom. The molecule has 0 aliphatic heterocycles. The van der Waals surface area contributed by atoms with E-state index in [1.807, 2.05) is 76.0 Å². The largest absolute Gasteiger partial charge is 0.493 e. The van der Waals surface area contributed by atoms with Crippen LogP contribution in [-0.4, -0.2) is 50.1 Å². The van der Waals surface area contributed by atoms with Gasteiger partial charge in [0, 0.05) is 12.2 Å². The smallest absolute Gasteiger partial charge is 0.243 e. The number of ether oxygens (including phenoxy) is 2. The molecule has 0 spiro atoms. The number of para-hydroxylation sites is 1. The molecular weight excluding hydrogens is 394 g/mol. The monoisotopic (exact) mass is 427 g/mol. The van der Waals surface area contributed by atoms with Crippen molar-refractivity contribution in [2.24, 2.45) is 0 Å². The molecule has 2 rings (SSSR count). The number of nitrogens with one attached hydrogen (secondary N) is 2. The second-order valence-corrected chi connectivity index (χ2v) is 7.54. The number of methoxy groups -OCH3 is 1. The van der Waals surface area contributed by atoms with E-state index >= 15 is 0 Å². The minimum atomic E-state index is -0.412. The Balaban J connectivity index is 1.90. The number of hydrogen-bond donors (Lipinski definition) is 2. The molecule has 0 saturated carbocycles. The first-order chi connectivity index (χ1) is 14.8. The van der Waals surface area contributed by atoms with Crippen LogP contribution in [0.1, 0.15) is 30.5 Å². The maximum absolute atomic E-state index is 12.6. The van der Waals surface area contributed by atoms with Crippen molar-refractivity contribution in [3.05, 3.63) is 53.1 Å². The van der Waals surface area contributed by atoms with Crippen molar-refractivity contribution < 1.29 is 19.1 Å². The van der Waals surface area contributed by atoms with E-state index in [-0.39, 0.29) is 18.4 Å². The van der Waals surface area contributed by atoms with Crippen LogP contribution in [0.5, 0.6) is 11.5 Å². The van der Waals surface area contributed by atoms with Gasteiger partial charge in [-0.1, -0.05) is 24.3 Å². The predicted octanol–water partition coefficient (Wildman–Crippen LogP) is 3.29. The molecule has 0 aliphatic rings. The predicted molar refractivity (Wildman–Crippen MR) is 123 cm³/mol. The molecule has 0 heterocycles. The van der Waals surface area contributed by atoms with Crippen molar-refractivity contribution in [3.8, 4) is 11.5 Å². The van der Waals surface area contributed by atoms with E-state index in [9.17, 15) is 9.59 Å². The summed E-state index contributed by atoms with van der Waals surface area (Å²) in [5.41, 5.74) is 3.75. The van der Waals surface area contributed by atoms with Crippen LogP contribution >= 0.6 is 0 Å². The highest BCUT2D eigenvalue weighted by atomic mass is 16.5. The molecule has 7 heteroatoms. The molecule has 7 nitrogen and oxygen atoms in total. The lowest BCUT2D eigenvalue weighted by atomic mass is 10.1. The minimum Gasteiger partial charge on any atom is -0.493 e. The molecule has 1 atom stereocenters. The van der Waals surface area contributed by atoms with Gasteiger partial charge in [0.2, 0.25) is 11.8 Å². The topological polar surface area (TPSA) is 79.9 Å². The molecule has 0 fully saturated rings. The van der Waals surface area contributed by atoms with Crippen LogP contribution in [0.4, 0.5) is 5.69 Å². The van der Waals surface area contributed by atoms with Crippen molar-refractivity contribution >= 4 is 17.5 Å². The second-order valence-electron chi connectivity index (χ2n) is 7.54. The Morgan fingerprint density at radius 2 is 1.77 bits per heavy atom. The molecule has 2 amide bonds. The van der Waals surface area contributed by atoms with E-state index in [0.29, 0.717) is 24.7 Å². The summed E-state index contributed by atoms with van der Waals surface area (Å²) < 4.78 is 10.9. The highest BCUT2D eigenvalue weighted by Gasteiger charge is 2.19. The number of nitrogens with zero attached hydrogens (tertiary/aromatic N) is 1. The zero-order valence-corrected chi connectivity index (χ0v) is 19.2. The number of likely N-dealkylation sites (N-methyl/N-ethyl adjacent to an activating group) is 1. The second kappa shape index (κ2) is 11.4. The van der Waals surface area contributed by atoms with Gasteiger partial charge in [-0.3, -0.25) is 14.5 Å². The SMILES string of the molecule is CCOc1ccc(CN(C)[C@@H](C)C(=O)NCC(=O)Nc2c(C)cccc2C)cc1OC. The molecule has 31 heavy (non-hydrogen) atoms. The van der Waals surface area contributed by atoms with E-state index < -0.39 is 6.04 Å². The third kappa shape index (κ3) is 6.72. The molecule has 2 aromatic rings. The van der Waals surface area contributed by atoms with Crippen molar-refractivity contribution in [2.75, 3.05) is 32.6 Å². The zero-order valence-electron chi connectivity index (χ0n) is 19.2. The first kappa shape index (κ1) is 24.2. The van der Waals surface area contributed by atoms with Gasteiger partial charge in [0.25, 0.3) is 0 Å². The van der Waals surface area contributed by atoms with Gasteiger partial charge < -0.3 is 20.1 Å². The van der Waals surface area contributed by atoms with E-state index in [2.05, 4.69) is 10.6 Å². The lowest BCUT2D eigenvalue weighted by Gasteiger charge is -2.24. The molecule has 0 bridgehead atoms. The summed E-state index contributed by atoms with van der Waals surface area (Å²) in [6, 6.07) is 11.1. The third-order valence-corrected chi connectivity index (χ3v) is 5.17. The number of benzene rings is 2. The molecule has 0 unspecified atom stereocenters. The highest BCUT2D eigenvalue weighted by molar-refractivity contribution is 5.96. The highest BCUT2D eigenvalue weighted by Crippen LogP contribution is 2.28. The van der Waals surface area contributed by atoms with Gasteiger partial charge in [0.05, 0.1) is 26.3 Å². The van der Waals surface area contributed by atoms with Crippen LogP contribution in [0.3, 0.4) is 0 Å². The van der Waals surface area contributed by atoms with Crippen molar-refractivity contribution in [1.29, 1.82) is 0 Å². The summed E-state index contributed by atoms with van der Waals surface area (Å²) in [7, 11) is 3.47. The summed E-state index contributed by atoms with van der Waals surface area (Å²) in [5.74, 6) is 0.888. The summed E-state index contributed by atoms with van der Waals surface area (Å²) in [5, 5.41) is 5.60. The van der Waals surface area contributed by atoms with Gasteiger partial charge >= 0.3 is 0 Å². The maximum Gasteiger partial charge on any atom is 0.243 e. The Labute approximate surface area is 184 Å². The van der Waals surface area contributed by atoms with Crippen LogP contribution < -0.4 is 20.1 Å². The molecule has 2 N–H and O–H groups in total. The molecule has 0 aromatic heterocycles. The Bertz CT molecular complexity index is 893. The van der Waals surface area contributed by atoms with Crippen LogP contribution in [0.25, 0.3) is 0 Å². The summed E-state index contributed by atoms with van der Waals surface area (Å²) in [6.45, 7) is 8.63. The van der Waals surface area contributed by atoms with E-state index in [4.69, 9.17) is 9.47 Å². The molecule has 0 saturated heterocycles. The van der Waals surface area contributed by atoms with Crippen LogP contribution in [0.15, 0.2) is 36.4 Å². The zero-order chi connectivity index (χ0) is 23.0. The maximum atomic E-state index is 12.6. The lowest BCUT2D eigenvalue weighted by Crippen LogP contribution is -2.45. The molecule has 0 aliphatic carbocycles. The normalized spacial score (nSPS) is 11.7. The Morgan fingerprint density at radius 3 is 2.39 bits per heavy atom. The van der Waals surface area contributed by atoms with Crippen LogP contribution in [-0.2, 0) is 16.1 Å². The van der Waals surface area contributed by atoms with Crippen LogP contribution in [0.2, 0.25) is 0 Å². The molecule has 168 valence electrons. The quantitative estimate of drug-likeness (QED) is 0.608.